The summed E-state index contributed by atoms with van der Waals surface area (Å²) in [5.41, 5.74) is 5.04. The maximum Gasteiger partial charge on any atom is 0.329 e. The summed E-state index contributed by atoms with van der Waals surface area (Å²) in [4.78, 5) is 29.6. The van der Waals surface area contributed by atoms with Gasteiger partial charge < -0.3 is 23.8 Å². The van der Waals surface area contributed by atoms with Crippen LogP contribution in [0, 0.1) is 0 Å². The molecule has 0 N–H and O–H groups in total. The molecule has 0 aliphatic carbocycles. The normalized spacial score (nSPS) is 14.4. The van der Waals surface area contributed by atoms with Crippen LogP contribution in [0.5, 0.6) is 17.2 Å². The molecule has 1 aliphatic heterocycles. The molecule has 0 aromatic heterocycles. The molecule has 0 spiro atoms. The van der Waals surface area contributed by atoms with Crippen LogP contribution in [0.2, 0.25) is 0 Å². The summed E-state index contributed by atoms with van der Waals surface area (Å²) in [7, 11) is 1.58. The second kappa shape index (κ2) is 14.4. The average Bonchev–Trinajstić information content (AvgIpc) is 3.09. The molecule has 45 heavy (non-hydrogen) atoms. The number of hydrogen-bond acceptors (Lipinski definition) is 6. The lowest BCUT2D eigenvalue weighted by molar-refractivity contribution is -0.158. The van der Waals surface area contributed by atoms with Crippen molar-refractivity contribution in [1.82, 2.24) is 4.90 Å². The molecule has 7 heteroatoms. The Labute approximate surface area is 264 Å². The van der Waals surface area contributed by atoms with Gasteiger partial charge in [-0.25, -0.2) is 4.79 Å². The number of benzene rings is 4. The fourth-order valence-electron chi connectivity index (χ4n) is 5.51. The Morgan fingerprint density at radius 2 is 1.64 bits per heavy atom. The van der Waals surface area contributed by atoms with Crippen LogP contribution >= 0.6 is 0 Å². The number of hydrogen-bond donors (Lipinski definition) is 0. The number of ether oxygens (including phenoxy) is 4. The van der Waals surface area contributed by atoms with E-state index >= 15 is 0 Å². The molecule has 2 unspecified atom stereocenters. The minimum atomic E-state index is -1.02. The zero-order chi connectivity index (χ0) is 31.8. The van der Waals surface area contributed by atoms with E-state index in [-0.39, 0.29) is 25.5 Å². The highest BCUT2D eigenvalue weighted by atomic mass is 16.5. The maximum absolute atomic E-state index is 14.5. The highest BCUT2D eigenvalue weighted by Crippen LogP contribution is 2.40. The first-order valence-corrected chi connectivity index (χ1v) is 14.9. The van der Waals surface area contributed by atoms with Crippen LogP contribution in [0.25, 0.3) is 12.2 Å². The monoisotopic (exact) mass is 603 g/mol. The molecule has 1 amide bonds. The fourth-order valence-corrected chi connectivity index (χ4v) is 5.51. The minimum absolute atomic E-state index is 0.156. The van der Waals surface area contributed by atoms with Gasteiger partial charge >= 0.3 is 5.97 Å². The summed E-state index contributed by atoms with van der Waals surface area (Å²) in [6.45, 7) is 10.2. The molecule has 0 fully saturated rings. The van der Waals surface area contributed by atoms with E-state index in [1.165, 1.54) is 0 Å². The molecule has 0 radical (unpaired) electrons. The van der Waals surface area contributed by atoms with Crippen LogP contribution in [0.4, 0.5) is 0 Å². The largest absolute Gasteiger partial charge is 0.493 e. The molecule has 5 rings (SSSR count). The molecule has 7 nitrogen and oxygen atoms in total. The minimum Gasteiger partial charge on any atom is -0.493 e. The topological polar surface area (TPSA) is 74.3 Å². The second-order valence-corrected chi connectivity index (χ2v) is 10.6. The Morgan fingerprint density at radius 3 is 2.31 bits per heavy atom. The van der Waals surface area contributed by atoms with Gasteiger partial charge in [0.2, 0.25) is 6.10 Å². The lowest BCUT2D eigenvalue weighted by Crippen LogP contribution is -2.51. The lowest BCUT2D eigenvalue weighted by atomic mass is 9.91. The average molecular weight is 604 g/mol. The summed E-state index contributed by atoms with van der Waals surface area (Å²) in [5, 5.41) is 0. The van der Waals surface area contributed by atoms with Crippen molar-refractivity contribution in [3.8, 4) is 17.2 Å². The molecule has 4 aromatic carbocycles. The molecular weight excluding hydrogens is 566 g/mol. The third kappa shape index (κ3) is 6.93. The zero-order valence-electron chi connectivity index (χ0n) is 25.6. The quantitative estimate of drug-likeness (QED) is 0.160. The fraction of sp³-hybridized carbons (Fsp3) is 0.211. The van der Waals surface area contributed by atoms with Crippen molar-refractivity contribution < 1.29 is 28.5 Å². The SMILES string of the molecule is C=Cc1ccc(OC(C(=O)N2Cc3ccc(OC)c(OCc4ccccc4)c3CC2C(=O)OCC)c2ccccc2)cc1C=C. The van der Waals surface area contributed by atoms with Gasteiger partial charge in [-0.05, 0) is 47.4 Å². The van der Waals surface area contributed by atoms with Crippen molar-refractivity contribution >= 4 is 24.0 Å². The van der Waals surface area contributed by atoms with Gasteiger partial charge in [0, 0.05) is 24.1 Å². The van der Waals surface area contributed by atoms with Gasteiger partial charge in [-0.15, -0.1) is 0 Å². The van der Waals surface area contributed by atoms with Crippen LogP contribution in [0.15, 0.2) is 104 Å². The highest BCUT2D eigenvalue weighted by Gasteiger charge is 2.41. The van der Waals surface area contributed by atoms with Crippen molar-refractivity contribution in [1.29, 1.82) is 0 Å². The number of fused-ring (bicyclic) bond motifs is 1. The van der Waals surface area contributed by atoms with Crippen LogP contribution < -0.4 is 14.2 Å². The van der Waals surface area contributed by atoms with E-state index in [2.05, 4.69) is 13.2 Å². The summed E-state index contributed by atoms with van der Waals surface area (Å²) in [5.74, 6) is 0.739. The zero-order valence-corrected chi connectivity index (χ0v) is 25.6. The van der Waals surface area contributed by atoms with Crippen molar-refractivity contribution in [2.45, 2.75) is 38.6 Å². The summed E-state index contributed by atoms with van der Waals surface area (Å²) in [6.07, 6.45) is 2.62. The Hall–Kier alpha value is -5.30. The summed E-state index contributed by atoms with van der Waals surface area (Å²) in [6, 6.07) is 27.4. The van der Waals surface area contributed by atoms with Crippen molar-refractivity contribution in [3.63, 3.8) is 0 Å². The first kappa shape index (κ1) is 31.1. The molecule has 0 saturated carbocycles. The predicted octanol–water partition coefficient (Wildman–Crippen LogP) is 7.20. The molecule has 1 heterocycles. The first-order valence-electron chi connectivity index (χ1n) is 14.9. The van der Waals surface area contributed by atoms with Gasteiger partial charge in [0.1, 0.15) is 18.4 Å². The van der Waals surface area contributed by atoms with E-state index in [4.69, 9.17) is 18.9 Å². The number of rotatable bonds is 12. The third-order valence-corrected chi connectivity index (χ3v) is 7.80. The molecule has 1 aliphatic rings. The third-order valence-electron chi connectivity index (χ3n) is 7.80. The van der Waals surface area contributed by atoms with Crippen LogP contribution in [0.1, 0.15) is 46.4 Å². The Balaban J connectivity index is 1.53. The number of carbonyl (C=O) groups is 2. The van der Waals surface area contributed by atoms with Crippen LogP contribution in [-0.2, 0) is 33.9 Å². The van der Waals surface area contributed by atoms with Crippen molar-refractivity contribution in [2.75, 3.05) is 13.7 Å². The number of carbonyl (C=O) groups excluding carboxylic acids is 2. The molecule has 4 aromatic rings. The standard InChI is InChI=1S/C38H37NO6/c1-5-27-18-20-31(22-28(27)6-2)45-35(29-16-12-9-13-17-29)37(40)39-24-30-19-21-34(42-4)36(44-25-26-14-10-8-11-15-26)32(30)23-33(39)38(41)43-7-3/h5-6,8-22,33,35H,1-2,7,23-25H2,3-4H3. The van der Waals surface area contributed by atoms with E-state index in [0.717, 1.165) is 27.8 Å². The van der Waals surface area contributed by atoms with Gasteiger partial charge in [0.05, 0.1) is 13.7 Å². The highest BCUT2D eigenvalue weighted by molar-refractivity contribution is 5.89. The number of amides is 1. The van der Waals surface area contributed by atoms with Crippen LogP contribution in [0.3, 0.4) is 0 Å². The summed E-state index contributed by atoms with van der Waals surface area (Å²) >= 11 is 0. The molecule has 0 bridgehead atoms. The molecule has 230 valence electrons. The van der Waals surface area contributed by atoms with E-state index in [1.54, 1.807) is 37.2 Å². The first-order chi connectivity index (χ1) is 22.0. The van der Waals surface area contributed by atoms with E-state index in [0.29, 0.717) is 29.4 Å². The molecule has 0 saturated heterocycles. The van der Waals surface area contributed by atoms with Gasteiger partial charge in [0.25, 0.3) is 5.91 Å². The van der Waals surface area contributed by atoms with Crippen LogP contribution in [-0.4, -0.2) is 36.5 Å². The van der Waals surface area contributed by atoms with Crippen molar-refractivity contribution in [2.24, 2.45) is 0 Å². The molecule has 2 atom stereocenters. The number of esters is 1. The van der Waals surface area contributed by atoms with Gasteiger partial charge in [0.15, 0.2) is 11.5 Å². The van der Waals surface area contributed by atoms with E-state index in [9.17, 15) is 9.59 Å². The maximum atomic E-state index is 14.5. The Bertz CT molecular complexity index is 1670. The van der Waals surface area contributed by atoms with Crippen molar-refractivity contribution in [3.05, 3.63) is 138 Å². The molecular formula is C38H37NO6. The Kier molecular flexibility index (Phi) is 10.00. The number of nitrogens with zero attached hydrogens (tertiary/aromatic N) is 1. The van der Waals surface area contributed by atoms with Gasteiger partial charge in [-0.2, -0.15) is 0 Å². The van der Waals surface area contributed by atoms with Gasteiger partial charge in [-0.1, -0.05) is 98.1 Å². The van der Waals surface area contributed by atoms with E-state index < -0.39 is 18.1 Å². The van der Waals surface area contributed by atoms with E-state index in [1.807, 2.05) is 84.9 Å². The predicted molar refractivity (Wildman–Crippen MR) is 175 cm³/mol. The Morgan fingerprint density at radius 1 is 0.933 bits per heavy atom. The van der Waals surface area contributed by atoms with Gasteiger partial charge in [-0.3, -0.25) is 4.79 Å². The number of methoxy groups -OCH3 is 1. The lowest BCUT2D eigenvalue weighted by Gasteiger charge is -2.38. The smallest absolute Gasteiger partial charge is 0.329 e. The second-order valence-electron chi connectivity index (χ2n) is 10.6. The summed E-state index contributed by atoms with van der Waals surface area (Å²) < 4.78 is 23.9.